The van der Waals surface area contributed by atoms with Crippen molar-refractivity contribution >= 4 is 11.9 Å². The van der Waals surface area contributed by atoms with E-state index in [9.17, 15) is 22.8 Å². The van der Waals surface area contributed by atoms with E-state index in [2.05, 4.69) is 0 Å². The van der Waals surface area contributed by atoms with Gasteiger partial charge in [-0.05, 0) is 43.5 Å². The van der Waals surface area contributed by atoms with Gasteiger partial charge >= 0.3 is 12.1 Å². The van der Waals surface area contributed by atoms with Crippen molar-refractivity contribution in [3.8, 4) is 0 Å². The second-order valence-electron chi connectivity index (χ2n) is 4.92. The maximum atomic E-state index is 12.5. The van der Waals surface area contributed by atoms with E-state index < -0.39 is 29.7 Å². The highest BCUT2D eigenvalue weighted by Gasteiger charge is 2.33. The number of carboxylic acids is 1. The van der Waals surface area contributed by atoms with E-state index in [1.165, 1.54) is 4.90 Å². The van der Waals surface area contributed by atoms with E-state index in [4.69, 9.17) is 5.11 Å². The first-order chi connectivity index (χ1) is 9.80. The van der Waals surface area contributed by atoms with Crippen LogP contribution in [0.15, 0.2) is 24.3 Å². The molecule has 0 aliphatic carbocycles. The van der Waals surface area contributed by atoms with Crippen molar-refractivity contribution in [1.82, 2.24) is 4.90 Å². The van der Waals surface area contributed by atoms with Crippen LogP contribution in [0.4, 0.5) is 13.2 Å². The average Bonchev–Trinajstić information content (AvgIpc) is 2.45. The van der Waals surface area contributed by atoms with Gasteiger partial charge < -0.3 is 10.0 Å². The van der Waals surface area contributed by atoms with Gasteiger partial charge in [-0.3, -0.25) is 4.79 Å². The SMILES string of the molecule is O=C(O)[C@H]1CCCCN1C(=O)c1ccc(C(F)(F)F)cc1. The van der Waals surface area contributed by atoms with E-state index in [-0.39, 0.29) is 5.56 Å². The summed E-state index contributed by atoms with van der Waals surface area (Å²) in [4.78, 5) is 24.6. The third-order valence-corrected chi connectivity index (χ3v) is 3.51. The summed E-state index contributed by atoms with van der Waals surface area (Å²) in [6.45, 7) is 0.302. The highest BCUT2D eigenvalue weighted by atomic mass is 19.4. The topological polar surface area (TPSA) is 57.6 Å². The van der Waals surface area contributed by atoms with Crippen LogP contribution in [0, 0.1) is 0 Å². The monoisotopic (exact) mass is 301 g/mol. The molecule has 7 heteroatoms. The normalized spacial score (nSPS) is 19.4. The van der Waals surface area contributed by atoms with Crippen molar-refractivity contribution in [1.29, 1.82) is 0 Å². The van der Waals surface area contributed by atoms with Crippen LogP contribution in [-0.4, -0.2) is 34.5 Å². The molecule has 1 amide bonds. The smallest absolute Gasteiger partial charge is 0.416 e. The summed E-state index contributed by atoms with van der Waals surface area (Å²) >= 11 is 0. The lowest BCUT2D eigenvalue weighted by atomic mass is 10.0. The average molecular weight is 301 g/mol. The molecule has 1 aromatic carbocycles. The van der Waals surface area contributed by atoms with Gasteiger partial charge in [0.05, 0.1) is 5.56 Å². The van der Waals surface area contributed by atoms with Crippen LogP contribution in [0.2, 0.25) is 0 Å². The van der Waals surface area contributed by atoms with Crippen LogP contribution >= 0.6 is 0 Å². The lowest BCUT2D eigenvalue weighted by Crippen LogP contribution is -2.47. The molecule has 1 aliphatic rings. The number of carbonyl (C=O) groups excluding carboxylic acids is 1. The Bertz CT molecular complexity index is 539. The second kappa shape index (κ2) is 5.75. The number of benzene rings is 1. The summed E-state index contributed by atoms with van der Waals surface area (Å²) in [6, 6.07) is 2.91. The fourth-order valence-electron chi connectivity index (χ4n) is 2.40. The number of nitrogens with zero attached hydrogens (tertiary/aromatic N) is 1. The van der Waals surface area contributed by atoms with Crippen LogP contribution in [0.25, 0.3) is 0 Å². The molecule has 0 spiro atoms. The Morgan fingerprint density at radius 1 is 1.14 bits per heavy atom. The molecule has 1 aromatic rings. The van der Waals surface area contributed by atoms with Gasteiger partial charge in [0, 0.05) is 12.1 Å². The maximum Gasteiger partial charge on any atom is 0.416 e. The van der Waals surface area contributed by atoms with Crippen LogP contribution in [0.5, 0.6) is 0 Å². The van der Waals surface area contributed by atoms with Gasteiger partial charge in [-0.2, -0.15) is 13.2 Å². The number of amides is 1. The summed E-state index contributed by atoms with van der Waals surface area (Å²) in [7, 11) is 0. The van der Waals surface area contributed by atoms with E-state index >= 15 is 0 Å². The summed E-state index contributed by atoms with van der Waals surface area (Å²) in [5.74, 6) is -1.63. The van der Waals surface area contributed by atoms with E-state index in [0.29, 0.717) is 25.8 Å². The predicted octanol–water partition coefficient (Wildman–Crippen LogP) is 2.78. The minimum Gasteiger partial charge on any atom is -0.480 e. The summed E-state index contributed by atoms with van der Waals surface area (Å²) in [6.07, 6.45) is -2.69. The number of alkyl halides is 3. The summed E-state index contributed by atoms with van der Waals surface area (Å²) in [5, 5.41) is 9.11. The Balaban J connectivity index is 2.20. The molecule has 1 aliphatic heterocycles. The van der Waals surface area contributed by atoms with Crippen molar-refractivity contribution < 1.29 is 27.9 Å². The first-order valence-corrected chi connectivity index (χ1v) is 6.52. The van der Waals surface area contributed by atoms with Crippen molar-refractivity contribution in [2.24, 2.45) is 0 Å². The number of halogens is 3. The van der Waals surface area contributed by atoms with Crippen molar-refractivity contribution in [2.75, 3.05) is 6.54 Å². The number of likely N-dealkylation sites (tertiary alicyclic amines) is 1. The largest absolute Gasteiger partial charge is 0.480 e. The Hall–Kier alpha value is -2.05. The third-order valence-electron chi connectivity index (χ3n) is 3.51. The second-order valence-corrected chi connectivity index (χ2v) is 4.92. The van der Waals surface area contributed by atoms with Crippen molar-refractivity contribution in [3.05, 3.63) is 35.4 Å². The first kappa shape index (κ1) is 15.3. The Labute approximate surface area is 119 Å². The molecule has 21 heavy (non-hydrogen) atoms. The van der Waals surface area contributed by atoms with Crippen molar-refractivity contribution in [3.63, 3.8) is 0 Å². The minimum atomic E-state index is -4.46. The minimum absolute atomic E-state index is 0.0659. The summed E-state index contributed by atoms with van der Waals surface area (Å²) < 4.78 is 37.4. The number of rotatable bonds is 2. The van der Waals surface area contributed by atoms with Gasteiger partial charge in [-0.15, -0.1) is 0 Å². The molecule has 1 atom stereocenters. The van der Waals surface area contributed by atoms with Gasteiger partial charge in [0.25, 0.3) is 5.91 Å². The van der Waals surface area contributed by atoms with Crippen LogP contribution < -0.4 is 0 Å². The Morgan fingerprint density at radius 2 is 1.76 bits per heavy atom. The van der Waals surface area contributed by atoms with Gasteiger partial charge in [0.15, 0.2) is 0 Å². The molecule has 0 saturated carbocycles. The van der Waals surface area contributed by atoms with Gasteiger partial charge in [-0.25, -0.2) is 4.79 Å². The van der Waals surface area contributed by atoms with Gasteiger partial charge in [0.1, 0.15) is 6.04 Å². The molecule has 1 saturated heterocycles. The van der Waals surface area contributed by atoms with E-state index in [0.717, 1.165) is 24.3 Å². The predicted molar refractivity (Wildman–Crippen MR) is 67.8 cm³/mol. The Morgan fingerprint density at radius 3 is 2.29 bits per heavy atom. The molecular weight excluding hydrogens is 287 g/mol. The molecule has 0 aromatic heterocycles. The zero-order chi connectivity index (χ0) is 15.6. The maximum absolute atomic E-state index is 12.5. The fourth-order valence-corrected chi connectivity index (χ4v) is 2.40. The third kappa shape index (κ3) is 3.34. The standard InChI is InChI=1S/C14H14F3NO3/c15-14(16,17)10-6-4-9(5-7-10)12(19)18-8-2-1-3-11(18)13(20)21/h4-7,11H,1-3,8H2,(H,20,21)/t11-/m1/s1. The van der Waals surface area contributed by atoms with Crippen molar-refractivity contribution in [2.45, 2.75) is 31.5 Å². The summed E-state index contributed by atoms with van der Waals surface area (Å²) in [5.41, 5.74) is -0.774. The quantitative estimate of drug-likeness (QED) is 0.914. The lowest BCUT2D eigenvalue weighted by Gasteiger charge is -2.33. The molecule has 0 radical (unpaired) electrons. The zero-order valence-corrected chi connectivity index (χ0v) is 11.1. The van der Waals surface area contributed by atoms with Gasteiger partial charge in [0.2, 0.25) is 0 Å². The molecular formula is C14H14F3NO3. The highest BCUT2D eigenvalue weighted by molar-refractivity contribution is 5.96. The number of piperidine rings is 1. The molecule has 1 N–H and O–H groups in total. The molecule has 114 valence electrons. The molecule has 2 rings (SSSR count). The fraction of sp³-hybridized carbons (Fsp3) is 0.429. The van der Waals surface area contributed by atoms with Crippen LogP contribution in [0.3, 0.4) is 0 Å². The van der Waals surface area contributed by atoms with Gasteiger partial charge in [-0.1, -0.05) is 0 Å². The molecule has 0 bridgehead atoms. The number of carboxylic acid groups (broad SMARTS) is 1. The highest BCUT2D eigenvalue weighted by Crippen LogP contribution is 2.29. The van der Waals surface area contributed by atoms with E-state index in [1.807, 2.05) is 0 Å². The number of hydrogen-bond acceptors (Lipinski definition) is 2. The van der Waals surface area contributed by atoms with Crippen LogP contribution in [0.1, 0.15) is 35.2 Å². The molecule has 1 heterocycles. The molecule has 0 unspecified atom stereocenters. The van der Waals surface area contributed by atoms with E-state index in [1.54, 1.807) is 0 Å². The Kier molecular flexibility index (Phi) is 4.20. The zero-order valence-electron chi connectivity index (χ0n) is 11.1. The molecule has 4 nitrogen and oxygen atoms in total. The first-order valence-electron chi connectivity index (χ1n) is 6.52. The number of aliphatic carboxylic acids is 1. The number of carbonyl (C=O) groups is 2. The molecule has 1 fully saturated rings. The number of hydrogen-bond donors (Lipinski definition) is 1. The van der Waals surface area contributed by atoms with Crippen LogP contribution in [-0.2, 0) is 11.0 Å². The lowest BCUT2D eigenvalue weighted by molar-refractivity contribution is -0.143.